The number of halogens is 1. The monoisotopic (exact) mass is 460 g/mol. The van der Waals surface area contributed by atoms with Gasteiger partial charge >= 0.3 is 5.97 Å². The van der Waals surface area contributed by atoms with Crippen LogP contribution in [0.4, 0.5) is 4.39 Å². The van der Waals surface area contributed by atoms with Crippen molar-refractivity contribution in [2.45, 2.75) is 33.0 Å². The van der Waals surface area contributed by atoms with Crippen LogP contribution in [0.2, 0.25) is 0 Å². The van der Waals surface area contributed by atoms with Crippen LogP contribution < -0.4 is 14.2 Å². The highest BCUT2D eigenvalue weighted by Gasteiger charge is 2.24. The van der Waals surface area contributed by atoms with Gasteiger partial charge in [0.15, 0.2) is 17.3 Å². The second-order valence-corrected chi connectivity index (χ2v) is 7.67. The Morgan fingerprint density at radius 3 is 2.73 bits per heavy atom. The van der Waals surface area contributed by atoms with Crippen molar-refractivity contribution in [3.8, 4) is 28.7 Å². The summed E-state index contributed by atoms with van der Waals surface area (Å²) in [6, 6.07) is 7.82. The molecule has 2 aromatic heterocycles. The number of carbonyl (C=O) groups is 1. The normalized spacial score (nSPS) is 11.9. The van der Waals surface area contributed by atoms with Crippen molar-refractivity contribution in [3.05, 3.63) is 53.6 Å². The fourth-order valence-electron chi connectivity index (χ4n) is 2.93. The number of pyridine rings is 1. The standard InChI is InChI=1S/C23H25FN2O7/c1-13(2)11-32-23-18(26-33-22(23)16-8-20(30-3)25-10-17(16)24)12-31-15-6-4-5-14(7-15)19(27)9-21(28)29/h4-8,10,13,19,27H,9,11-12H2,1-3H3,(H,28,29)/t19-/m1/s1. The zero-order chi connectivity index (χ0) is 24.0. The Hall–Kier alpha value is -3.66. The largest absolute Gasteiger partial charge is 0.487 e. The predicted octanol–water partition coefficient (Wildman–Crippen LogP) is 4.01. The highest BCUT2D eigenvalue weighted by atomic mass is 19.1. The number of aliphatic hydroxyl groups is 1. The molecule has 1 atom stereocenters. The maximum Gasteiger partial charge on any atom is 0.306 e. The van der Waals surface area contributed by atoms with Gasteiger partial charge in [0.1, 0.15) is 12.4 Å². The predicted molar refractivity (Wildman–Crippen MR) is 115 cm³/mol. The van der Waals surface area contributed by atoms with Crippen LogP contribution in [-0.2, 0) is 11.4 Å². The van der Waals surface area contributed by atoms with E-state index in [4.69, 9.17) is 23.8 Å². The number of carboxylic acids is 1. The number of carboxylic acid groups (broad SMARTS) is 1. The van der Waals surface area contributed by atoms with Crippen molar-refractivity contribution in [1.82, 2.24) is 10.1 Å². The van der Waals surface area contributed by atoms with Crippen molar-refractivity contribution in [2.75, 3.05) is 13.7 Å². The molecule has 176 valence electrons. The summed E-state index contributed by atoms with van der Waals surface area (Å²) >= 11 is 0. The van der Waals surface area contributed by atoms with Crippen LogP contribution in [0.3, 0.4) is 0 Å². The van der Waals surface area contributed by atoms with E-state index in [0.29, 0.717) is 23.6 Å². The van der Waals surface area contributed by atoms with Crippen LogP contribution in [0, 0.1) is 11.7 Å². The first-order valence-corrected chi connectivity index (χ1v) is 10.2. The SMILES string of the molecule is COc1cc(-c2onc(COc3cccc([C@H](O)CC(=O)O)c3)c2OCC(C)C)c(F)cn1. The summed E-state index contributed by atoms with van der Waals surface area (Å²) in [5.74, 6) is -0.660. The molecule has 0 saturated heterocycles. The van der Waals surface area contributed by atoms with Crippen LogP contribution >= 0.6 is 0 Å². The number of benzene rings is 1. The molecule has 3 rings (SSSR count). The molecular formula is C23H25FN2O7. The van der Waals surface area contributed by atoms with E-state index in [1.807, 2.05) is 13.8 Å². The van der Waals surface area contributed by atoms with E-state index in [1.54, 1.807) is 18.2 Å². The Morgan fingerprint density at radius 2 is 2.03 bits per heavy atom. The average molecular weight is 460 g/mol. The van der Waals surface area contributed by atoms with Crippen molar-refractivity contribution < 1.29 is 38.1 Å². The smallest absolute Gasteiger partial charge is 0.306 e. The minimum Gasteiger partial charge on any atom is -0.487 e. The Kier molecular flexibility index (Phi) is 7.83. The van der Waals surface area contributed by atoms with Gasteiger partial charge in [-0.05, 0) is 23.6 Å². The summed E-state index contributed by atoms with van der Waals surface area (Å²) in [6.45, 7) is 4.20. The number of methoxy groups -OCH3 is 1. The van der Waals surface area contributed by atoms with E-state index in [0.717, 1.165) is 6.20 Å². The lowest BCUT2D eigenvalue weighted by Gasteiger charge is -2.12. The molecule has 0 spiro atoms. The van der Waals surface area contributed by atoms with Crippen LogP contribution in [-0.4, -0.2) is 40.0 Å². The summed E-state index contributed by atoms with van der Waals surface area (Å²) in [7, 11) is 1.42. The van der Waals surface area contributed by atoms with E-state index in [9.17, 15) is 14.3 Å². The molecule has 0 saturated carbocycles. The highest BCUT2D eigenvalue weighted by Crippen LogP contribution is 2.37. The van der Waals surface area contributed by atoms with E-state index < -0.39 is 24.3 Å². The summed E-state index contributed by atoms with van der Waals surface area (Å²) in [4.78, 5) is 14.7. The van der Waals surface area contributed by atoms with E-state index in [-0.39, 0.29) is 35.5 Å². The molecule has 0 amide bonds. The molecule has 0 unspecified atom stereocenters. The summed E-state index contributed by atoms with van der Waals surface area (Å²) in [6.07, 6.45) is -0.573. The molecular weight excluding hydrogens is 435 g/mol. The first-order valence-electron chi connectivity index (χ1n) is 10.2. The van der Waals surface area contributed by atoms with Gasteiger partial charge in [-0.15, -0.1) is 0 Å². The van der Waals surface area contributed by atoms with Gasteiger partial charge in [0.25, 0.3) is 0 Å². The van der Waals surface area contributed by atoms with Crippen LogP contribution in [0.5, 0.6) is 17.4 Å². The first-order chi connectivity index (χ1) is 15.8. The molecule has 2 N–H and O–H groups in total. The third-order valence-electron chi connectivity index (χ3n) is 4.55. The van der Waals surface area contributed by atoms with Gasteiger partial charge in [0.05, 0.1) is 38.0 Å². The Labute approximate surface area is 189 Å². The summed E-state index contributed by atoms with van der Waals surface area (Å²) in [5, 5.41) is 22.9. The lowest BCUT2D eigenvalue weighted by molar-refractivity contribution is -0.139. The molecule has 1 aromatic carbocycles. The Morgan fingerprint density at radius 1 is 1.24 bits per heavy atom. The van der Waals surface area contributed by atoms with Crippen LogP contribution in [0.15, 0.2) is 41.1 Å². The van der Waals surface area contributed by atoms with E-state index >= 15 is 0 Å². The second kappa shape index (κ2) is 10.8. The maximum absolute atomic E-state index is 14.5. The summed E-state index contributed by atoms with van der Waals surface area (Å²) in [5.41, 5.74) is 0.786. The molecule has 0 aliphatic carbocycles. The number of hydrogen-bond acceptors (Lipinski definition) is 8. The van der Waals surface area contributed by atoms with Crippen molar-refractivity contribution in [3.63, 3.8) is 0 Å². The molecule has 0 aliphatic rings. The second-order valence-electron chi connectivity index (χ2n) is 7.67. The average Bonchev–Trinajstić information content (AvgIpc) is 3.18. The molecule has 2 heterocycles. The summed E-state index contributed by atoms with van der Waals surface area (Å²) < 4.78 is 36.6. The molecule has 0 radical (unpaired) electrons. The lowest BCUT2D eigenvalue weighted by Crippen LogP contribution is -2.08. The Bertz CT molecular complexity index is 1100. The van der Waals surface area contributed by atoms with Crippen LogP contribution in [0.25, 0.3) is 11.3 Å². The molecule has 10 heteroatoms. The number of aliphatic carboxylic acids is 1. The van der Waals surface area contributed by atoms with E-state index in [2.05, 4.69) is 10.1 Å². The van der Waals surface area contributed by atoms with Gasteiger partial charge in [-0.3, -0.25) is 4.79 Å². The minimum absolute atomic E-state index is 0.0702. The van der Waals surface area contributed by atoms with Crippen molar-refractivity contribution in [1.29, 1.82) is 0 Å². The molecule has 9 nitrogen and oxygen atoms in total. The number of nitrogens with zero attached hydrogens (tertiary/aromatic N) is 2. The fourth-order valence-corrected chi connectivity index (χ4v) is 2.93. The van der Waals surface area contributed by atoms with Gasteiger partial charge in [-0.1, -0.05) is 31.1 Å². The number of aliphatic hydroxyl groups excluding tert-OH is 1. The van der Waals surface area contributed by atoms with Gasteiger partial charge in [0, 0.05) is 6.07 Å². The lowest BCUT2D eigenvalue weighted by atomic mass is 10.1. The zero-order valence-corrected chi connectivity index (χ0v) is 18.4. The quantitative estimate of drug-likeness (QED) is 0.437. The van der Waals surface area contributed by atoms with Gasteiger partial charge in [0.2, 0.25) is 11.6 Å². The number of hydrogen-bond donors (Lipinski definition) is 2. The first kappa shape index (κ1) is 24.0. The molecule has 0 bridgehead atoms. The number of aromatic nitrogens is 2. The topological polar surface area (TPSA) is 124 Å². The zero-order valence-electron chi connectivity index (χ0n) is 18.4. The maximum atomic E-state index is 14.5. The molecule has 33 heavy (non-hydrogen) atoms. The molecule has 0 aliphatic heterocycles. The fraction of sp³-hybridized carbons (Fsp3) is 0.348. The third kappa shape index (κ3) is 6.19. The molecule has 0 fully saturated rings. The highest BCUT2D eigenvalue weighted by molar-refractivity contribution is 5.68. The van der Waals surface area contributed by atoms with Crippen molar-refractivity contribution in [2.24, 2.45) is 5.92 Å². The molecule has 3 aromatic rings. The van der Waals surface area contributed by atoms with Gasteiger partial charge in [-0.25, -0.2) is 9.37 Å². The van der Waals surface area contributed by atoms with Crippen LogP contribution in [0.1, 0.15) is 37.6 Å². The van der Waals surface area contributed by atoms with E-state index in [1.165, 1.54) is 19.2 Å². The third-order valence-corrected chi connectivity index (χ3v) is 4.55. The van der Waals surface area contributed by atoms with Gasteiger partial charge in [-0.2, -0.15) is 0 Å². The van der Waals surface area contributed by atoms with Gasteiger partial charge < -0.3 is 28.9 Å². The number of ether oxygens (including phenoxy) is 3. The number of rotatable bonds is 11. The van der Waals surface area contributed by atoms with Crippen molar-refractivity contribution >= 4 is 5.97 Å². The minimum atomic E-state index is -1.17. The Balaban J connectivity index is 1.86.